The summed E-state index contributed by atoms with van der Waals surface area (Å²) in [7, 11) is 0. The lowest BCUT2D eigenvalue weighted by Crippen LogP contribution is -2.54. The van der Waals surface area contributed by atoms with Crippen LogP contribution in [-0.2, 0) is 14.2 Å². The maximum atomic E-state index is 10.2. The first-order valence-electron chi connectivity index (χ1n) is 6.87. The van der Waals surface area contributed by atoms with Gasteiger partial charge in [-0.2, -0.15) is 0 Å². The summed E-state index contributed by atoms with van der Waals surface area (Å²) in [6.45, 7) is 5.61. The molecule has 2 saturated heterocycles. The number of hydrogen-bond acceptors (Lipinski definition) is 5. The second kappa shape index (κ2) is 5.31. The molecule has 1 aromatic carbocycles. The van der Waals surface area contributed by atoms with E-state index in [0.29, 0.717) is 0 Å². The zero-order valence-corrected chi connectivity index (χ0v) is 12.7. The molecule has 2 aliphatic heterocycles. The number of aliphatic hydroxyl groups excluding tert-OH is 1. The fourth-order valence-corrected chi connectivity index (χ4v) is 3.81. The maximum absolute atomic E-state index is 10.2. The van der Waals surface area contributed by atoms with E-state index in [1.807, 2.05) is 51.1 Å². The van der Waals surface area contributed by atoms with Gasteiger partial charge in [0.25, 0.3) is 0 Å². The van der Waals surface area contributed by atoms with E-state index < -0.39 is 11.9 Å². The summed E-state index contributed by atoms with van der Waals surface area (Å²) in [6.07, 6.45) is -1.53. The van der Waals surface area contributed by atoms with Crippen LogP contribution in [-0.4, -0.2) is 40.7 Å². The minimum absolute atomic E-state index is 0.178. The molecule has 4 nitrogen and oxygen atoms in total. The number of thioether (sulfide) groups is 1. The number of benzene rings is 1. The molecule has 2 aliphatic rings. The zero-order valence-electron chi connectivity index (χ0n) is 11.9. The number of ether oxygens (including phenoxy) is 3. The van der Waals surface area contributed by atoms with Gasteiger partial charge in [0, 0.05) is 4.90 Å². The largest absolute Gasteiger partial charge is 0.388 e. The van der Waals surface area contributed by atoms with E-state index in [1.54, 1.807) is 11.8 Å². The minimum atomic E-state index is -0.681. The predicted molar refractivity (Wildman–Crippen MR) is 76.5 cm³/mol. The normalized spacial score (nSPS) is 39.5. The van der Waals surface area contributed by atoms with Gasteiger partial charge in [0.15, 0.2) is 5.79 Å². The van der Waals surface area contributed by atoms with E-state index in [9.17, 15) is 5.11 Å². The topological polar surface area (TPSA) is 47.9 Å². The molecule has 0 aliphatic carbocycles. The first kappa shape index (κ1) is 14.4. The summed E-state index contributed by atoms with van der Waals surface area (Å²) in [6, 6.07) is 10.1. The number of hydrogen-bond donors (Lipinski definition) is 1. The molecule has 2 fully saturated rings. The molecular formula is C15H20O4S. The third-order valence-corrected chi connectivity index (χ3v) is 4.75. The predicted octanol–water partition coefficient (Wildman–Crippen LogP) is 2.40. The molecule has 110 valence electrons. The zero-order chi connectivity index (χ0) is 14.3. The molecule has 1 aromatic rings. The standard InChI is InChI=1S/C15H20O4S/c1-9-11(16)12-13(19-15(2,3)18-12)14(17-9)20-10-7-5-4-6-8-10/h4-9,11-14,16H,1-3H3/t9-,11+,12+,13+,14-/m0/s1. The summed E-state index contributed by atoms with van der Waals surface area (Å²) in [4.78, 5) is 1.12. The summed E-state index contributed by atoms with van der Waals surface area (Å²) in [5.41, 5.74) is -0.178. The molecule has 1 N–H and O–H groups in total. The third kappa shape index (κ3) is 2.73. The highest BCUT2D eigenvalue weighted by atomic mass is 32.2. The van der Waals surface area contributed by atoms with Gasteiger partial charge >= 0.3 is 0 Å². The van der Waals surface area contributed by atoms with Gasteiger partial charge in [-0.1, -0.05) is 30.0 Å². The molecule has 0 saturated carbocycles. The van der Waals surface area contributed by atoms with Gasteiger partial charge in [0.2, 0.25) is 0 Å². The van der Waals surface area contributed by atoms with Gasteiger partial charge in [0.1, 0.15) is 23.7 Å². The van der Waals surface area contributed by atoms with Gasteiger partial charge in [0.05, 0.1) is 6.10 Å². The quantitative estimate of drug-likeness (QED) is 0.908. The highest BCUT2D eigenvalue weighted by Gasteiger charge is 2.54. The number of rotatable bonds is 2. The second-order valence-electron chi connectivity index (χ2n) is 5.70. The minimum Gasteiger partial charge on any atom is -0.388 e. The van der Waals surface area contributed by atoms with Crippen LogP contribution >= 0.6 is 11.8 Å². The fourth-order valence-electron chi connectivity index (χ4n) is 2.66. The maximum Gasteiger partial charge on any atom is 0.164 e. The Hall–Kier alpha value is -0.590. The Morgan fingerprint density at radius 1 is 1.10 bits per heavy atom. The van der Waals surface area contributed by atoms with Crippen LogP contribution in [0.2, 0.25) is 0 Å². The highest BCUT2D eigenvalue weighted by molar-refractivity contribution is 7.99. The Bertz CT molecular complexity index is 464. The van der Waals surface area contributed by atoms with Crippen molar-refractivity contribution in [1.29, 1.82) is 0 Å². The Morgan fingerprint density at radius 2 is 1.75 bits per heavy atom. The van der Waals surface area contributed by atoms with Crippen LogP contribution in [0.5, 0.6) is 0 Å². The van der Waals surface area contributed by atoms with Crippen LogP contribution < -0.4 is 0 Å². The molecule has 0 unspecified atom stereocenters. The van der Waals surface area contributed by atoms with Gasteiger partial charge < -0.3 is 19.3 Å². The summed E-state index contributed by atoms with van der Waals surface area (Å²) < 4.78 is 17.7. The molecule has 2 heterocycles. The Kier molecular flexibility index (Phi) is 3.81. The fraction of sp³-hybridized carbons (Fsp3) is 0.600. The second-order valence-corrected chi connectivity index (χ2v) is 6.87. The van der Waals surface area contributed by atoms with E-state index in [4.69, 9.17) is 14.2 Å². The number of fused-ring (bicyclic) bond motifs is 1. The van der Waals surface area contributed by atoms with Gasteiger partial charge in [-0.25, -0.2) is 0 Å². The Morgan fingerprint density at radius 3 is 2.45 bits per heavy atom. The van der Waals surface area contributed by atoms with Crippen LogP contribution in [0.3, 0.4) is 0 Å². The van der Waals surface area contributed by atoms with E-state index >= 15 is 0 Å². The average Bonchev–Trinajstić information content (AvgIpc) is 2.73. The SMILES string of the molecule is C[C@@H]1O[C@@H](Sc2ccccc2)[C@@H]2OC(C)(C)O[C@@H]2[C@@H]1O. The molecule has 0 amide bonds. The highest BCUT2D eigenvalue weighted by Crippen LogP contribution is 2.42. The van der Waals surface area contributed by atoms with Crippen LogP contribution in [0.15, 0.2) is 35.2 Å². The van der Waals surface area contributed by atoms with Crippen LogP contribution in [0.4, 0.5) is 0 Å². The van der Waals surface area contributed by atoms with Crippen LogP contribution in [0, 0.1) is 0 Å². The van der Waals surface area contributed by atoms with Crippen molar-refractivity contribution < 1.29 is 19.3 Å². The van der Waals surface area contributed by atoms with Gasteiger partial charge in [-0.15, -0.1) is 0 Å². The molecule has 0 radical (unpaired) electrons. The molecule has 0 bridgehead atoms. The van der Waals surface area contributed by atoms with E-state index in [2.05, 4.69) is 0 Å². The monoisotopic (exact) mass is 296 g/mol. The molecule has 3 rings (SSSR count). The molecule has 0 aromatic heterocycles. The summed E-state index contributed by atoms with van der Waals surface area (Å²) in [5.74, 6) is -0.681. The van der Waals surface area contributed by atoms with Crippen LogP contribution in [0.1, 0.15) is 20.8 Å². The Balaban J connectivity index is 1.80. The molecule has 5 heteroatoms. The Labute approximate surface area is 123 Å². The number of aliphatic hydroxyl groups is 1. The first-order valence-corrected chi connectivity index (χ1v) is 7.75. The first-order chi connectivity index (χ1) is 9.46. The van der Waals surface area contributed by atoms with E-state index in [0.717, 1.165) is 4.90 Å². The smallest absolute Gasteiger partial charge is 0.164 e. The summed E-state index contributed by atoms with van der Waals surface area (Å²) in [5, 5.41) is 10.2. The average molecular weight is 296 g/mol. The van der Waals surface area contributed by atoms with Gasteiger partial charge in [-0.3, -0.25) is 0 Å². The molecule has 5 atom stereocenters. The summed E-state index contributed by atoms with van der Waals surface area (Å²) >= 11 is 1.61. The molecule has 0 spiro atoms. The van der Waals surface area contributed by atoms with Crippen molar-refractivity contribution in [1.82, 2.24) is 0 Å². The van der Waals surface area contributed by atoms with E-state index in [-0.39, 0.29) is 23.7 Å². The van der Waals surface area contributed by atoms with Crippen molar-refractivity contribution in [2.24, 2.45) is 0 Å². The lowest BCUT2D eigenvalue weighted by molar-refractivity contribution is -0.159. The molecule has 20 heavy (non-hydrogen) atoms. The van der Waals surface area contributed by atoms with Crippen molar-refractivity contribution in [3.05, 3.63) is 30.3 Å². The van der Waals surface area contributed by atoms with Crippen molar-refractivity contribution in [3.8, 4) is 0 Å². The van der Waals surface area contributed by atoms with Crippen molar-refractivity contribution >= 4 is 11.8 Å². The lowest BCUT2D eigenvalue weighted by Gasteiger charge is -2.38. The van der Waals surface area contributed by atoms with E-state index in [1.165, 1.54) is 0 Å². The van der Waals surface area contributed by atoms with Crippen molar-refractivity contribution in [2.45, 2.75) is 61.3 Å². The van der Waals surface area contributed by atoms with Crippen LogP contribution in [0.25, 0.3) is 0 Å². The third-order valence-electron chi connectivity index (χ3n) is 3.59. The van der Waals surface area contributed by atoms with Crippen molar-refractivity contribution in [2.75, 3.05) is 0 Å². The molecular weight excluding hydrogens is 276 g/mol. The lowest BCUT2D eigenvalue weighted by atomic mass is 10.0. The van der Waals surface area contributed by atoms with Gasteiger partial charge in [-0.05, 0) is 32.9 Å². The van der Waals surface area contributed by atoms with Crippen molar-refractivity contribution in [3.63, 3.8) is 0 Å².